The number of carbonyl (C=O) groups excluding carboxylic acids is 1. The molecular formula is C20H16Cl5NOS2. The fourth-order valence-electron chi connectivity index (χ4n) is 2.03. The minimum Gasteiger partial charge on any atom is -0.399 e. The van der Waals surface area contributed by atoms with Gasteiger partial charge in [-0.15, -0.1) is 36.8 Å². The zero-order valence-corrected chi connectivity index (χ0v) is 20.3. The van der Waals surface area contributed by atoms with Gasteiger partial charge >= 0.3 is 0 Å². The van der Waals surface area contributed by atoms with E-state index in [1.807, 2.05) is 18.2 Å². The molecule has 0 aliphatic carbocycles. The number of nitrogen functional groups attached to an aromatic ring is 1. The smallest absolute Gasteiger partial charge is 0.173 e. The summed E-state index contributed by atoms with van der Waals surface area (Å²) >= 11 is 28.7. The summed E-state index contributed by atoms with van der Waals surface area (Å²) < 4.78 is 0. The first-order valence-electron chi connectivity index (χ1n) is 7.88. The minimum atomic E-state index is 0. The van der Waals surface area contributed by atoms with Gasteiger partial charge in [0.25, 0.3) is 0 Å². The van der Waals surface area contributed by atoms with Crippen molar-refractivity contribution in [3.05, 3.63) is 86.3 Å². The van der Waals surface area contributed by atoms with Crippen LogP contribution in [0.2, 0.25) is 20.1 Å². The van der Waals surface area contributed by atoms with E-state index in [0.717, 1.165) is 4.90 Å². The number of anilines is 1. The second-order valence-electron chi connectivity index (χ2n) is 5.47. The molecule has 0 aromatic heterocycles. The van der Waals surface area contributed by atoms with Crippen LogP contribution in [-0.2, 0) is 0 Å². The topological polar surface area (TPSA) is 43.1 Å². The highest BCUT2D eigenvalue weighted by molar-refractivity contribution is 8.00. The number of Topliss-reactive ketones (excluding diaryl/α,β-unsaturated/α-hetero) is 1. The Morgan fingerprint density at radius 1 is 0.897 bits per heavy atom. The van der Waals surface area contributed by atoms with Crippen molar-refractivity contribution in [1.29, 1.82) is 0 Å². The predicted octanol–water partition coefficient (Wildman–Crippen LogP) is 8.25. The highest BCUT2D eigenvalue weighted by atomic mass is 35.5. The van der Waals surface area contributed by atoms with Crippen molar-refractivity contribution in [2.45, 2.75) is 9.79 Å². The lowest BCUT2D eigenvalue weighted by atomic mass is 10.2. The van der Waals surface area contributed by atoms with E-state index in [0.29, 0.717) is 42.0 Å². The Kier molecular flexibility index (Phi) is 11.7. The van der Waals surface area contributed by atoms with Gasteiger partial charge in [-0.05, 0) is 24.3 Å². The molecule has 29 heavy (non-hydrogen) atoms. The summed E-state index contributed by atoms with van der Waals surface area (Å²) in [7, 11) is 0. The highest BCUT2D eigenvalue weighted by Crippen LogP contribution is 2.35. The maximum atomic E-state index is 12.0. The number of nitrogens with two attached hydrogens (primary N) is 1. The van der Waals surface area contributed by atoms with Gasteiger partial charge in [0.1, 0.15) is 0 Å². The van der Waals surface area contributed by atoms with Crippen LogP contribution in [0, 0.1) is 0 Å². The summed E-state index contributed by atoms with van der Waals surface area (Å²) in [6.07, 6.45) is 0. The van der Waals surface area contributed by atoms with E-state index >= 15 is 0 Å². The third-order valence-corrected chi connectivity index (χ3v) is 6.68. The Labute approximate surface area is 205 Å². The quantitative estimate of drug-likeness (QED) is 0.155. The van der Waals surface area contributed by atoms with Crippen LogP contribution < -0.4 is 5.73 Å². The molecule has 3 aromatic rings. The number of thioether (sulfide) groups is 1. The van der Waals surface area contributed by atoms with Crippen LogP contribution in [0.3, 0.4) is 0 Å². The molecule has 0 saturated carbocycles. The van der Waals surface area contributed by atoms with Crippen LogP contribution in [0.1, 0.15) is 10.4 Å². The summed E-state index contributed by atoms with van der Waals surface area (Å²) in [6, 6.07) is 17.7. The van der Waals surface area contributed by atoms with E-state index in [9.17, 15) is 4.79 Å². The zero-order valence-electron chi connectivity index (χ0n) is 14.7. The molecule has 0 aliphatic rings. The van der Waals surface area contributed by atoms with Crippen molar-refractivity contribution in [3.8, 4) is 0 Å². The first-order valence-corrected chi connectivity index (χ1v) is 10.8. The fraction of sp³-hybridized carbons (Fsp3) is 0.0500. The molecule has 0 radical (unpaired) electrons. The van der Waals surface area contributed by atoms with Crippen molar-refractivity contribution in [3.63, 3.8) is 0 Å². The van der Waals surface area contributed by atoms with Gasteiger partial charge in [-0.3, -0.25) is 4.79 Å². The first kappa shape index (κ1) is 26.3. The Morgan fingerprint density at radius 2 is 1.55 bits per heavy atom. The highest BCUT2D eigenvalue weighted by Gasteiger charge is 2.11. The number of ketones is 1. The SMILES string of the molecule is Cl.Nc1cc(Cl)c(Cl)c(SCC(=O)c2ccccc2)c1.Sc1cccc(Cl)c1Cl. The molecule has 0 saturated heterocycles. The molecular weight excluding hydrogens is 512 g/mol. The summed E-state index contributed by atoms with van der Waals surface area (Å²) in [6.45, 7) is 0. The fourth-order valence-corrected chi connectivity index (χ4v) is 4.07. The third kappa shape index (κ3) is 8.14. The van der Waals surface area contributed by atoms with E-state index in [2.05, 4.69) is 12.6 Å². The molecule has 0 unspecified atom stereocenters. The Balaban J connectivity index is 0.000000355. The van der Waals surface area contributed by atoms with Gasteiger partial charge in [0.15, 0.2) is 5.78 Å². The van der Waals surface area contributed by atoms with E-state index in [-0.39, 0.29) is 18.2 Å². The average molecular weight is 528 g/mol. The molecule has 2 nitrogen and oxygen atoms in total. The van der Waals surface area contributed by atoms with Crippen LogP contribution in [0.5, 0.6) is 0 Å². The molecule has 0 heterocycles. The van der Waals surface area contributed by atoms with E-state index in [4.69, 9.17) is 52.1 Å². The summed E-state index contributed by atoms with van der Waals surface area (Å²) in [5.41, 5.74) is 6.92. The molecule has 9 heteroatoms. The van der Waals surface area contributed by atoms with Gasteiger partial charge in [-0.2, -0.15) is 0 Å². The summed E-state index contributed by atoms with van der Waals surface area (Å²) in [5.74, 6) is 0.337. The predicted molar refractivity (Wildman–Crippen MR) is 133 cm³/mol. The molecule has 3 aromatic carbocycles. The van der Waals surface area contributed by atoms with Gasteiger partial charge in [-0.1, -0.05) is 82.8 Å². The van der Waals surface area contributed by atoms with Crippen molar-refractivity contribution in [2.24, 2.45) is 0 Å². The largest absolute Gasteiger partial charge is 0.399 e. The average Bonchev–Trinajstić information content (AvgIpc) is 2.68. The van der Waals surface area contributed by atoms with Crippen molar-refractivity contribution in [1.82, 2.24) is 0 Å². The summed E-state index contributed by atoms with van der Waals surface area (Å²) in [5, 5.41) is 1.89. The molecule has 154 valence electrons. The third-order valence-electron chi connectivity index (χ3n) is 3.40. The van der Waals surface area contributed by atoms with Gasteiger partial charge in [0.2, 0.25) is 0 Å². The molecule has 0 atom stereocenters. The molecule has 2 N–H and O–H groups in total. The van der Waals surface area contributed by atoms with Gasteiger partial charge in [0.05, 0.1) is 25.8 Å². The molecule has 0 fully saturated rings. The lowest BCUT2D eigenvalue weighted by Crippen LogP contribution is -2.02. The van der Waals surface area contributed by atoms with Crippen LogP contribution >= 0.6 is 83.2 Å². The molecule has 0 aliphatic heterocycles. The second-order valence-corrected chi connectivity index (χ2v) is 8.53. The lowest BCUT2D eigenvalue weighted by molar-refractivity contribution is 0.102. The lowest BCUT2D eigenvalue weighted by Gasteiger charge is -2.07. The van der Waals surface area contributed by atoms with E-state index in [1.54, 1.807) is 42.5 Å². The number of hydrogen-bond acceptors (Lipinski definition) is 4. The van der Waals surface area contributed by atoms with Gasteiger partial charge in [0, 0.05) is 21.0 Å². The molecule has 3 rings (SSSR count). The van der Waals surface area contributed by atoms with Crippen molar-refractivity contribution in [2.75, 3.05) is 11.5 Å². The summed E-state index contributed by atoms with van der Waals surface area (Å²) in [4.78, 5) is 13.4. The molecule has 0 bridgehead atoms. The van der Waals surface area contributed by atoms with Gasteiger partial charge < -0.3 is 5.73 Å². The second kappa shape index (κ2) is 12.9. The Bertz CT molecular complexity index is 950. The number of rotatable bonds is 4. The van der Waals surface area contributed by atoms with Crippen LogP contribution in [-0.4, -0.2) is 11.5 Å². The monoisotopic (exact) mass is 525 g/mol. The number of benzene rings is 3. The normalized spacial score (nSPS) is 9.83. The van der Waals surface area contributed by atoms with Crippen molar-refractivity contribution < 1.29 is 4.79 Å². The van der Waals surface area contributed by atoms with Crippen molar-refractivity contribution >= 4 is 94.7 Å². The van der Waals surface area contributed by atoms with Crippen LogP contribution in [0.25, 0.3) is 0 Å². The van der Waals surface area contributed by atoms with E-state index in [1.165, 1.54) is 11.8 Å². The van der Waals surface area contributed by atoms with Crippen LogP contribution in [0.4, 0.5) is 5.69 Å². The molecule has 0 spiro atoms. The maximum Gasteiger partial charge on any atom is 0.173 e. The number of hydrogen-bond donors (Lipinski definition) is 2. The van der Waals surface area contributed by atoms with E-state index < -0.39 is 0 Å². The zero-order chi connectivity index (χ0) is 20.7. The Morgan fingerprint density at radius 3 is 2.14 bits per heavy atom. The Hall–Kier alpha value is -0.720. The first-order chi connectivity index (χ1) is 13.3. The molecule has 0 amide bonds. The number of thiol groups is 1. The standard InChI is InChI=1S/C14H11Cl2NOS.C6H4Cl2S.ClH/c15-11-6-10(17)7-13(14(11)16)19-8-12(18)9-4-2-1-3-5-9;7-4-2-1-3-5(9)6(4)8;/h1-7H,8,17H2;1-3,9H;1H. The number of carbonyl (C=O) groups is 1. The minimum absolute atomic E-state index is 0. The number of halogens is 5. The maximum absolute atomic E-state index is 12.0. The van der Waals surface area contributed by atoms with Crippen LogP contribution in [0.15, 0.2) is 70.5 Å². The van der Waals surface area contributed by atoms with Gasteiger partial charge in [-0.25, -0.2) is 0 Å².